The van der Waals surface area contributed by atoms with E-state index in [0.717, 1.165) is 0 Å². The summed E-state index contributed by atoms with van der Waals surface area (Å²) in [6, 6.07) is 32.5. The molecule has 3 aromatic rings. The number of benzene rings is 3. The molecule has 0 saturated carbocycles. The highest BCUT2D eigenvalue weighted by Gasteiger charge is 2.32. The van der Waals surface area contributed by atoms with E-state index >= 15 is 0 Å². The van der Waals surface area contributed by atoms with Crippen molar-refractivity contribution in [3.63, 3.8) is 0 Å². The summed E-state index contributed by atoms with van der Waals surface area (Å²) in [5.74, 6) is 0.283. The highest BCUT2D eigenvalue weighted by molar-refractivity contribution is 5.98. The van der Waals surface area contributed by atoms with Gasteiger partial charge < -0.3 is 0 Å². The Hall–Kier alpha value is -2.86. The van der Waals surface area contributed by atoms with Crippen LogP contribution in [-0.4, -0.2) is 0 Å². The molecule has 1 aliphatic rings. The molecule has 0 spiro atoms. The van der Waals surface area contributed by atoms with Crippen LogP contribution in [0.1, 0.15) is 36.5 Å². The zero-order chi connectivity index (χ0) is 17.2. The molecule has 0 heteroatoms. The zero-order valence-corrected chi connectivity index (χ0v) is 14.7. The third-order valence-electron chi connectivity index (χ3n) is 5.25. The van der Waals surface area contributed by atoms with E-state index in [9.17, 15) is 0 Å². The minimum Gasteiger partial charge on any atom is -0.0622 e. The van der Waals surface area contributed by atoms with Gasteiger partial charge >= 0.3 is 0 Å². The van der Waals surface area contributed by atoms with Gasteiger partial charge in [0.2, 0.25) is 0 Å². The van der Waals surface area contributed by atoms with Crippen molar-refractivity contribution in [2.24, 2.45) is 0 Å². The number of rotatable bonds is 3. The van der Waals surface area contributed by atoms with Gasteiger partial charge in [0.05, 0.1) is 0 Å². The second kappa shape index (κ2) is 6.57. The summed E-state index contributed by atoms with van der Waals surface area (Å²) >= 11 is 0. The van der Waals surface area contributed by atoms with Gasteiger partial charge in [-0.25, -0.2) is 0 Å². The van der Waals surface area contributed by atoms with Gasteiger partial charge in [-0.2, -0.15) is 0 Å². The molecule has 0 atom stereocenters. The molecule has 0 fully saturated rings. The van der Waals surface area contributed by atoms with Gasteiger partial charge in [0.1, 0.15) is 0 Å². The van der Waals surface area contributed by atoms with Crippen LogP contribution in [0.15, 0.2) is 102 Å². The van der Waals surface area contributed by atoms with Crippen LogP contribution in [0.3, 0.4) is 0 Å². The molecule has 0 saturated heterocycles. The van der Waals surface area contributed by atoms with Gasteiger partial charge in [0, 0.05) is 5.92 Å². The van der Waals surface area contributed by atoms with Crippen molar-refractivity contribution in [3.05, 3.63) is 119 Å². The fraction of sp³-hybridized carbons (Fsp3) is 0.120. The van der Waals surface area contributed by atoms with Crippen molar-refractivity contribution in [3.8, 4) is 0 Å². The monoisotopic (exact) mass is 322 g/mol. The lowest BCUT2D eigenvalue weighted by Crippen LogP contribution is -2.02. The van der Waals surface area contributed by atoms with Crippen LogP contribution in [0.5, 0.6) is 0 Å². The molecule has 0 unspecified atom stereocenters. The minimum absolute atomic E-state index is 0.283. The van der Waals surface area contributed by atoms with Gasteiger partial charge in [-0.05, 0) is 52.8 Å². The molecule has 0 aromatic heterocycles. The normalized spacial score (nSPS) is 15.1. The summed E-state index contributed by atoms with van der Waals surface area (Å²) in [5.41, 5.74) is 9.67. The molecule has 4 rings (SSSR count). The summed E-state index contributed by atoms with van der Waals surface area (Å²) in [5, 5.41) is 0. The first-order valence-electron chi connectivity index (χ1n) is 8.85. The maximum atomic E-state index is 2.27. The molecule has 0 heterocycles. The van der Waals surface area contributed by atoms with Crippen LogP contribution in [0.2, 0.25) is 0 Å². The smallest absolute Gasteiger partial charge is 0.0357 e. The first-order valence-corrected chi connectivity index (χ1v) is 8.85. The summed E-state index contributed by atoms with van der Waals surface area (Å²) < 4.78 is 0. The molecule has 0 aliphatic heterocycles. The van der Waals surface area contributed by atoms with E-state index < -0.39 is 0 Å². The topological polar surface area (TPSA) is 0 Å². The maximum absolute atomic E-state index is 2.27. The largest absolute Gasteiger partial charge is 0.0622 e. The molecule has 0 N–H and O–H groups in total. The van der Waals surface area contributed by atoms with Gasteiger partial charge in [0.15, 0.2) is 0 Å². The molecule has 0 radical (unpaired) electrons. The quantitative estimate of drug-likeness (QED) is 0.501. The molecule has 0 amide bonds. The predicted octanol–water partition coefficient (Wildman–Crippen LogP) is 6.73. The highest BCUT2D eigenvalue weighted by atomic mass is 14.4. The van der Waals surface area contributed by atoms with Crippen LogP contribution < -0.4 is 0 Å². The van der Waals surface area contributed by atoms with Crippen LogP contribution in [0.25, 0.3) is 11.1 Å². The summed E-state index contributed by atoms with van der Waals surface area (Å²) in [7, 11) is 0. The van der Waals surface area contributed by atoms with Crippen molar-refractivity contribution < 1.29 is 0 Å². The van der Waals surface area contributed by atoms with Crippen LogP contribution in [-0.2, 0) is 0 Å². The van der Waals surface area contributed by atoms with E-state index in [-0.39, 0.29) is 5.92 Å². The Balaban J connectivity index is 1.94. The first kappa shape index (κ1) is 15.7. The van der Waals surface area contributed by atoms with Gasteiger partial charge in [-0.3, -0.25) is 0 Å². The SMILES string of the molecule is CC1=C(c2ccccc2)C(c2ccccc2)C(c2ccccc2)=C1C. The zero-order valence-electron chi connectivity index (χ0n) is 14.7. The highest BCUT2D eigenvalue weighted by Crippen LogP contribution is 2.52. The fourth-order valence-electron chi connectivity index (χ4n) is 3.96. The fourth-order valence-corrected chi connectivity index (χ4v) is 3.96. The Kier molecular flexibility index (Phi) is 4.11. The number of hydrogen-bond acceptors (Lipinski definition) is 0. The molecular formula is C25H22. The Morgan fingerprint density at radius 3 is 1.24 bits per heavy atom. The third kappa shape index (κ3) is 2.74. The Labute approximate surface area is 150 Å². The van der Waals surface area contributed by atoms with Crippen LogP contribution >= 0.6 is 0 Å². The molecular weight excluding hydrogens is 300 g/mol. The van der Waals surface area contributed by atoms with Crippen LogP contribution in [0, 0.1) is 0 Å². The average Bonchev–Trinajstić information content (AvgIpc) is 2.95. The van der Waals surface area contributed by atoms with Crippen molar-refractivity contribution in [1.29, 1.82) is 0 Å². The molecule has 0 bridgehead atoms. The summed E-state index contributed by atoms with van der Waals surface area (Å²) in [4.78, 5) is 0. The molecule has 0 nitrogen and oxygen atoms in total. The van der Waals surface area contributed by atoms with Crippen molar-refractivity contribution >= 4 is 11.1 Å². The lowest BCUT2D eigenvalue weighted by atomic mass is 9.81. The molecule has 3 aromatic carbocycles. The Morgan fingerprint density at radius 1 is 0.480 bits per heavy atom. The van der Waals surface area contributed by atoms with E-state index in [1.807, 2.05) is 0 Å². The summed E-state index contributed by atoms with van der Waals surface area (Å²) in [6.45, 7) is 4.53. The Bertz CT molecular complexity index is 868. The van der Waals surface area contributed by atoms with Crippen molar-refractivity contribution in [2.45, 2.75) is 19.8 Å². The van der Waals surface area contributed by atoms with E-state index in [2.05, 4.69) is 105 Å². The van der Waals surface area contributed by atoms with Gasteiger partial charge in [0.25, 0.3) is 0 Å². The lowest BCUT2D eigenvalue weighted by Gasteiger charge is -2.21. The van der Waals surface area contributed by atoms with E-state index in [0.29, 0.717) is 0 Å². The third-order valence-corrected chi connectivity index (χ3v) is 5.25. The lowest BCUT2D eigenvalue weighted by molar-refractivity contribution is 1.13. The predicted molar refractivity (Wildman–Crippen MR) is 107 cm³/mol. The van der Waals surface area contributed by atoms with E-state index in [4.69, 9.17) is 0 Å². The number of allylic oxidation sites excluding steroid dienone is 4. The molecule has 25 heavy (non-hydrogen) atoms. The first-order chi connectivity index (χ1) is 12.3. The molecule has 122 valence electrons. The van der Waals surface area contributed by atoms with Crippen LogP contribution in [0.4, 0.5) is 0 Å². The summed E-state index contributed by atoms with van der Waals surface area (Å²) in [6.07, 6.45) is 0. The maximum Gasteiger partial charge on any atom is 0.0357 e. The number of hydrogen-bond donors (Lipinski definition) is 0. The van der Waals surface area contributed by atoms with Crippen molar-refractivity contribution in [2.75, 3.05) is 0 Å². The van der Waals surface area contributed by atoms with Crippen molar-refractivity contribution in [1.82, 2.24) is 0 Å². The van der Waals surface area contributed by atoms with Gasteiger partial charge in [-0.1, -0.05) is 91.0 Å². The second-order valence-corrected chi connectivity index (χ2v) is 6.65. The molecule has 1 aliphatic carbocycles. The minimum atomic E-state index is 0.283. The Morgan fingerprint density at radius 2 is 0.840 bits per heavy atom. The second-order valence-electron chi connectivity index (χ2n) is 6.65. The van der Waals surface area contributed by atoms with Gasteiger partial charge in [-0.15, -0.1) is 0 Å². The van der Waals surface area contributed by atoms with E-state index in [1.54, 1.807) is 0 Å². The van der Waals surface area contributed by atoms with E-state index in [1.165, 1.54) is 39.0 Å². The average molecular weight is 322 g/mol. The standard InChI is InChI=1S/C25H22/c1-18-19(2)24(21-14-8-4-9-15-21)25(22-16-10-5-11-17-22)23(18)20-12-6-3-7-13-20/h3-17,25H,1-2H3.